The third kappa shape index (κ3) is 4.53. The zero-order valence-electron chi connectivity index (χ0n) is 14.4. The molecule has 0 aliphatic rings. The second kappa shape index (κ2) is 8.38. The molecule has 128 valence electrons. The number of hydrogen-bond donors (Lipinski definition) is 0. The van der Waals surface area contributed by atoms with Gasteiger partial charge < -0.3 is 4.74 Å². The molecular weight excluding hydrogens is 342 g/mol. The van der Waals surface area contributed by atoms with Crippen LogP contribution in [-0.2, 0) is 6.61 Å². The van der Waals surface area contributed by atoms with Crippen LogP contribution in [0.3, 0.4) is 0 Å². The lowest BCUT2D eigenvalue weighted by molar-refractivity contribution is 0.305. The van der Waals surface area contributed by atoms with Crippen molar-refractivity contribution in [1.82, 2.24) is 0 Å². The Labute approximate surface area is 158 Å². The minimum Gasteiger partial charge on any atom is -0.488 e. The first kappa shape index (κ1) is 17.8. The molecule has 3 aromatic rings. The van der Waals surface area contributed by atoms with Gasteiger partial charge >= 0.3 is 0 Å². The summed E-state index contributed by atoms with van der Waals surface area (Å²) in [5.74, 6) is 0.693. The maximum atomic E-state index is 9.59. The summed E-state index contributed by atoms with van der Waals surface area (Å²) in [7, 11) is 0. The van der Waals surface area contributed by atoms with Crippen LogP contribution in [-0.4, -0.2) is 0 Å². The zero-order valence-corrected chi connectivity index (χ0v) is 15.2. The van der Waals surface area contributed by atoms with Gasteiger partial charge in [-0.3, -0.25) is 0 Å². The van der Waals surface area contributed by atoms with E-state index in [9.17, 15) is 5.26 Å². The maximum Gasteiger partial charge on any atom is 0.127 e. The standard InChI is InChI=1S/C23H18ClNO/c1-17-7-9-19(10-8-17)21(15-25)13-20-14-22(24)11-12-23(20)26-16-18-5-3-2-4-6-18/h2-14H,16H2,1H3/b21-13+. The Balaban J connectivity index is 1.91. The molecule has 0 atom stereocenters. The van der Waals surface area contributed by atoms with Crippen LogP contribution in [0.1, 0.15) is 22.3 Å². The van der Waals surface area contributed by atoms with Crippen LogP contribution in [0.5, 0.6) is 5.75 Å². The number of aryl methyl sites for hydroxylation is 1. The van der Waals surface area contributed by atoms with E-state index in [1.165, 1.54) is 0 Å². The van der Waals surface area contributed by atoms with Crippen molar-refractivity contribution in [1.29, 1.82) is 5.26 Å². The molecule has 0 heterocycles. The average molecular weight is 360 g/mol. The van der Waals surface area contributed by atoms with Crippen molar-refractivity contribution in [3.63, 3.8) is 0 Å². The molecule has 0 saturated heterocycles. The van der Waals surface area contributed by atoms with Crippen LogP contribution in [0.15, 0.2) is 72.8 Å². The number of rotatable bonds is 5. The van der Waals surface area contributed by atoms with Crippen LogP contribution in [0.25, 0.3) is 11.6 Å². The number of benzene rings is 3. The molecule has 0 aliphatic heterocycles. The molecule has 26 heavy (non-hydrogen) atoms. The Hall–Kier alpha value is -3.02. The van der Waals surface area contributed by atoms with E-state index in [0.717, 1.165) is 22.3 Å². The van der Waals surface area contributed by atoms with Crippen LogP contribution in [0.2, 0.25) is 5.02 Å². The molecule has 0 spiro atoms. The van der Waals surface area contributed by atoms with Crippen molar-refractivity contribution >= 4 is 23.3 Å². The summed E-state index contributed by atoms with van der Waals surface area (Å²) in [6.07, 6.45) is 1.82. The van der Waals surface area contributed by atoms with E-state index in [2.05, 4.69) is 6.07 Å². The summed E-state index contributed by atoms with van der Waals surface area (Å²) in [5, 5.41) is 10.2. The van der Waals surface area contributed by atoms with Gasteiger partial charge in [0.15, 0.2) is 0 Å². The first-order valence-corrected chi connectivity index (χ1v) is 8.68. The minimum atomic E-state index is 0.454. The van der Waals surface area contributed by atoms with Gasteiger partial charge in [0.2, 0.25) is 0 Å². The van der Waals surface area contributed by atoms with Crippen LogP contribution in [0, 0.1) is 18.3 Å². The highest BCUT2D eigenvalue weighted by Crippen LogP contribution is 2.28. The summed E-state index contributed by atoms with van der Waals surface area (Å²) in [4.78, 5) is 0. The van der Waals surface area contributed by atoms with E-state index in [4.69, 9.17) is 16.3 Å². The molecule has 0 N–H and O–H groups in total. The van der Waals surface area contributed by atoms with E-state index in [0.29, 0.717) is 23.0 Å². The number of hydrogen-bond acceptors (Lipinski definition) is 2. The molecular formula is C23H18ClNO. The predicted octanol–water partition coefficient (Wildman–Crippen LogP) is 6.29. The van der Waals surface area contributed by atoms with Crippen LogP contribution >= 0.6 is 11.6 Å². The van der Waals surface area contributed by atoms with Crippen LogP contribution in [0.4, 0.5) is 0 Å². The van der Waals surface area contributed by atoms with Crippen molar-refractivity contribution in [2.24, 2.45) is 0 Å². The molecule has 0 radical (unpaired) electrons. The lowest BCUT2D eigenvalue weighted by Gasteiger charge is -2.10. The highest BCUT2D eigenvalue weighted by Gasteiger charge is 2.07. The number of ether oxygens (including phenoxy) is 1. The molecule has 0 fully saturated rings. The predicted molar refractivity (Wildman–Crippen MR) is 107 cm³/mol. The fourth-order valence-electron chi connectivity index (χ4n) is 2.57. The number of nitriles is 1. The van der Waals surface area contributed by atoms with E-state index in [1.54, 1.807) is 6.07 Å². The molecule has 0 aliphatic carbocycles. The quantitative estimate of drug-likeness (QED) is 0.396. The maximum absolute atomic E-state index is 9.59. The van der Waals surface area contributed by atoms with Crippen molar-refractivity contribution < 1.29 is 4.74 Å². The fourth-order valence-corrected chi connectivity index (χ4v) is 2.75. The molecule has 0 saturated carbocycles. The normalized spacial score (nSPS) is 11.0. The molecule has 0 aromatic heterocycles. The highest BCUT2D eigenvalue weighted by molar-refractivity contribution is 6.30. The van der Waals surface area contributed by atoms with Crippen LogP contribution < -0.4 is 4.74 Å². The first-order chi connectivity index (χ1) is 12.7. The van der Waals surface area contributed by atoms with E-state index < -0.39 is 0 Å². The van der Waals surface area contributed by atoms with Gasteiger partial charge in [-0.15, -0.1) is 0 Å². The van der Waals surface area contributed by atoms with Gasteiger partial charge in [-0.2, -0.15) is 5.26 Å². The summed E-state index contributed by atoms with van der Waals surface area (Å²) in [6.45, 7) is 2.47. The fraction of sp³-hybridized carbons (Fsp3) is 0.0870. The van der Waals surface area contributed by atoms with Gasteiger partial charge in [0.1, 0.15) is 12.4 Å². The van der Waals surface area contributed by atoms with Crippen molar-refractivity contribution in [3.8, 4) is 11.8 Å². The lowest BCUT2D eigenvalue weighted by atomic mass is 10.0. The zero-order chi connectivity index (χ0) is 18.4. The summed E-state index contributed by atoms with van der Waals surface area (Å²) < 4.78 is 5.97. The number of halogens is 1. The Bertz CT molecular complexity index is 954. The third-order valence-corrected chi connectivity index (χ3v) is 4.23. The largest absolute Gasteiger partial charge is 0.488 e. The average Bonchev–Trinajstić information content (AvgIpc) is 2.67. The van der Waals surface area contributed by atoms with E-state index in [-0.39, 0.29) is 0 Å². The van der Waals surface area contributed by atoms with Gasteiger partial charge in [0, 0.05) is 10.6 Å². The highest BCUT2D eigenvalue weighted by atomic mass is 35.5. The molecule has 3 rings (SSSR count). The molecule has 0 bridgehead atoms. The molecule has 2 nitrogen and oxygen atoms in total. The van der Waals surface area contributed by atoms with E-state index in [1.807, 2.05) is 79.7 Å². The minimum absolute atomic E-state index is 0.454. The second-order valence-corrected chi connectivity index (χ2v) is 6.43. The third-order valence-electron chi connectivity index (χ3n) is 3.99. The van der Waals surface area contributed by atoms with Gasteiger partial charge in [0.25, 0.3) is 0 Å². The van der Waals surface area contributed by atoms with E-state index >= 15 is 0 Å². The summed E-state index contributed by atoms with van der Waals surface area (Å²) in [5.41, 5.74) is 4.45. The molecule has 0 unspecified atom stereocenters. The topological polar surface area (TPSA) is 33.0 Å². The van der Waals surface area contributed by atoms with Crippen molar-refractivity contribution in [2.45, 2.75) is 13.5 Å². The Kier molecular flexibility index (Phi) is 5.73. The smallest absolute Gasteiger partial charge is 0.127 e. The van der Waals surface area contributed by atoms with Gasteiger partial charge in [-0.1, -0.05) is 71.8 Å². The molecule has 3 heteroatoms. The number of allylic oxidation sites excluding steroid dienone is 1. The molecule has 3 aromatic carbocycles. The summed E-state index contributed by atoms with van der Waals surface area (Å²) in [6, 6.07) is 25.5. The van der Waals surface area contributed by atoms with Gasteiger partial charge in [0.05, 0.1) is 11.6 Å². The SMILES string of the molecule is Cc1ccc(/C(C#N)=C/c2cc(Cl)ccc2OCc2ccccc2)cc1. The monoisotopic (exact) mass is 359 g/mol. The summed E-state index contributed by atoms with van der Waals surface area (Å²) >= 11 is 6.16. The Morgan fingerprint density at radius 1 is 1.04 bits per heavy atom. The van der Waals surface area contributed by atoms with Gasteiger partial charge in [-0.25, -0.2) is 0 Å². The Morgan fingerprint density at radius 3 is 2.46 bits per heavy atom. The van der Waals surface area contributed by atoms with Crippen molar-refractivity contribution in [2.75, 3.05) is 0 Å². The number of nitrogens with zero attached hydrogens (tertiary/aromatic N) is 1. The molecule has 0 amide bonds. The van der Waals surface area contributed by atoms with Crippen molar-refractivity contribution in [3.05, 3.63) is 100 Å². The Morgan fingerprint density at radius 2 is 1.77 bits per heavy atom. The van der Waals surface area contributed by atoms with Gasteiger partial charge in [-0.05, 0) is 42.3 Å². The first-order valence-electron chi connectivity index (χ1n) is 8.31. The lowest BCUT2D eigenvalue weighted by Crippen LogP contribution is -1.97. The second-order valence-electron chi connectivity index (χ2n) is 5.99.